The van der Waals surface area contributed by atoms with E-state index >= 15 is 0 Å². The largest absolute Gasteiger partial charge is 0.466 e. The minimum absolute atomic E-state index is 0.00837. The summed E-state index contributed by atoms with van der Waals surface area (Å²) in [5, 5.41) is 10.9. The number of furan rings is 1. The number of nitrogens with zero attached hydrogens (tertiary/aromatic N) is 4. The van der Waals surface area contributed by atoms with Gasteiger partial charge in [-0.25, -0.2) is 4.68 Å². The Morgan fingerprint density at radius 1 is 1.23 bits per heavy atom. The van der Waals surface area contributed by atoms with E-state index in [1.165, 1.54) is 0 Å². The van der Waals surface area contributed by atoms with Gasteiger partial charge in [-0.15, -0.1) is 5.10 Å². The van der Waals surface area contributed by atoms with Crippen molar-refractivity contribution in [3.05, 3.63) is 70.9 Å². The van der Waals surface area contributed by atoms with Crippen molar-refractivity contribution in [1.82, 2.24) is 25.2 Å². The summed E-state index contributed by atoms with van der Waals surface area (Å²) in [6.45, 7) is 5.28. The normalized spacial score (nSPS) is 16.1. The molecule has 156 valence electrons. The lowest BCUT2D eigenvalue weighted by atomic mass is 10.2. The first-order valence-corrected chi connectivity index (χ1v) is 10.1. The highest BCUT2D eigenvalue weighted by atomic mass is 16.3. The molecular weight excluding hydrogens is 382 g/mol. The van der Waals surface area contributed by atoms with Crippen LogP contribution in [0.2, 0.25) is 0 Å². The average molecular weight is 407 g/mol. The SMILES string of the molecule is Cc1cc(C(=O)N2CCCC2Cn2cc(C(=O)NCc3ccccc3)nn2)c(C)o1. The maximum Gasteiger partial charge on any atom is 0.273 e. The van der Waals surface area contributed by atoms with Crippen LogP contribution < -0.4 is 5.32 Å². The number of carbonyl (C=O) groups excluding carboxylic acids is 2. The molecule has 4 rings (SSSR count). The van der Waals surface area contributed by atoms with Gasteiger partial charge in [-0.2, -0.15) is 0 Å². The van der Waals surface area contributed by atoms with Crippen molar-refractivity contribution >= 4 is 11.8 Å². The molecule has 8 heteroatoms. The van der Waals surface area contributed by atoms with Crippen molar-refractivity contribution in [2.24, 2.45) is 0 Å². The summed E-state index contributed by atoms with van der Waals surface area (Å²) in [7, 11) is 0. The minimum atomic E-state index is -0.269. The molecule has 2 amide bonds. The number of carbonyl (C=O) groups is 2. The van der Waals surface area contributed by atoms with Crippen LogP contribution in [0.25, 0.3) is 0 Å². The molecule has 3 aromatic rings. The number of nitrogens with one attached hydrogen (secondary N) is 1. The topological polar surface area (TPSA) is 93.3 Å². The number of likely N-dealkylation sites (tertiary alicyclic amines) is 1. The van der Waals surface area contributed by atoms with Crippen LogP contribution in [0.1, 0.15) is 50.8 Å². The first-order chi connectivity index (χ1) is 14.5. The molecule has 30 heavy (non-hydrogen) atoms. The van der Waals surface area contributed by atoms with Gasteiger partial charge in [-0.3, -0.25) is 9.59 Å². The van der Waals surface area contributed by atoms with Gasteiger partial charge >= 0.3 is 0 Å². The zero-order valence-corrected chi connectivity index (χ0v) is 17.2. The Bertz CT molecular complexity index is 1040. The molecular formula is C22H25N5O3. The summed E-state index contributed by atoms with van der Waals surface area (Å²) in [6, 6.07) is 11.5. The molecule has 1 aliphatic rings. The summed E-state index contributed by atoms with van der Waals surface area (Å²) in [4.78, 5) is 27.2. The van der Waals surface area contributed by atoms with Crippen molar-refractivity contribution < 1.29 is 14.0 Å². The molecule has 0 spiro atoms. The smallest absolute Gasteiger partial charge is 0.273 e. The number of hydrogen-bond donors (Lipinski definition) is 1. The Hall–Kier alpha value is -3.42. The summed E-state index contributed by atoms with van der Waals surface area (Å²) in [6.07, 6.45) is 3.46. The molecule has 1 N–H and O–H groups in total. The zero-order chi connectivity index (χ0) is 21.1. The Kier molecular flexibility index (Phi) is 5.65. The highest BCUT2D eigenvalue weighted by Crippen LogP contribution is 2.24. The molecule has 3 heterocycles. The first-order valence-electron chi connectivity index (χ1n) is 10.1. The van der Waals surface area contributed by atoms with E-state index in [0.29, 0.717) is 31.0 Å². The Labute approximate surface area is 174 Å². The second-order valence-corrected chi connectivity index (χ2v) is 7.62. The van der Waals surface area contributed by atoms with Gasteiger partial charge in [-0.05, 0) is 38.3 Å². The van der Waals surface area contributed by atoms with Gasteiger partial charge in [0.05, 0.1) is 24.3 Å². The van der Waals surface area contributed by atoms with E-state index < -0.39 is 0 Å². The van der Waals surface area contributed by atoms with Gasteiger partial charge in [0.1, 0.15) is 11.5 Å². The van der Waals surface area contributed by atoms with Gasteiger partial charge < -0.3 is 14.6 Å². The van der Waals surface area contributed by atoms with E-state index in [2.05, 4.69) is 15.6 Å². The number of aryl methyl sites for hydroxylation is 2. The van der Waals surface area contributed by atoms with Gasteiger partial charge in [-0.1, -0.05) is 35.5 Å². The Balaban J connectivity index is 1.38. The molecule has 1 aromatic carbocycles. The number of hydrogen-bond acceptors (Lipinski definition) is 5. The van der Waals surface area contributed by atoms with Crippen LogP contribution in [0.5, 0.6) is 0 Å². The van der Waals surface area contributed by atoms with Crippen LogP contribution in [-0.2, 0) is 13.1 Å². The van der Waals surface area contributed by atoms with Crippen LogP contribution in [0.15, 0.2) is 47.0 Å². The molecule has 1 fully saturated rings. The fourth-order valence-electron chi connectivity index (χ4n) is 3.87. The van der Waals surface area contributed by atoms with Crippen LogP contribution in [0.4, 0.5) is 0 Å². The van der Waals surface area contributed by atoms with E-state index in [1.54, 1.807) is 16.9 Å². The number of rotatable bonds is 6. The minimum Gasteiger partial charge on any atom is -0.466 e. The average Bonchev–Trinajstić information content (AvgIpc) is 3.47. The summed E-state index contributed by atoms with van der Waals surface area (Å²) >= 11 is 0. The lowest BCUT2D eigenvalue weighted by Gasteiger charge is -2.24. The highest BCUT2D eigenvalue weighted by Gasteiger charge is 2.31. The summed E-state index contributed by atoms with van der Waals surface area (Å²) in [5.41, 5.74) is 1.89. The number of benzene rings is 1. The van der Waals surface area contributed by atoms with E-state index in [9.17, 15) is 9.59 Å². The third-order valence-corrected chi connectivity index (χ3v) is 5.37. The Morgan fingerprint density at radius 2 is 2.03 bits per heavy atom. The maximum absolute atomic E-state index is 13.0. The van der Waals surface area contributed by atoms with Crippen LogP contribution >= 0.6 is 0 Å². The molecule has 0 bridgehead atoms. The van der Waals surface area contributed by atoms with Crippen LogP contribution in [-0.4, -0.2) is 44.3 Å². The molecule has 2 aromatic heterocycles. The second-order valence-electron chi connectivity index (χ2n) is 7.62. The van der Waals surface area contributed by atoms with Gasteiger partial charge in [0.2, 0.25) is 0 Å². The summed E-state index contributed by atoms with van der Waals surface area (Å²) in [5.74, 6) is 1.08. The van der Waals surface area contributed by atoms with Crippen molar-refractivity contribution in [3.63, 3.8) is 0 Å². The van der Waals surface area contributed by atoms with Crippen LogP contribution in [0.3, 0.4) is 0 Å². The standard InChI is InChI=1S/C22H25N5O3/c1-15-11-19(16(2)30-15)22(29)27-10-6-9-18(27)13-26-14-20(24-25-26)21(28)23-12-17-7-4-3-5-8-17/h3-5,7-8,11,14,18H,6,9-10,12-13H2,1-2H3,(H,23,28). The third-order valence-electron chi connectivity index (χ3n) is 5.37. The number of aromatic nitrogens is 3. The van der Waals surface area contributed by atoms with Crippen molar-refractivity contribution in [1.29, 1.82) is 0 Å². The lowest BCUT2D eigenvalue weighted by molar-refractivity contribution is 0.0719. The van der Waals surface area contributed by atoms with Gasteiger partial charge in [0, 0.05) is 13.1 Å². The van der Waals surface area contributed by atoms with Crippen molar-refractivity contribution in [2.45, 2.75) is 45.8 Å². The van der Waals surface area contributed by atoms with Crippen molar-refractivity contribution in [2.75, 3.05) is 6.54 Å². The summed E-state index contributed by atoms with van der Waals surface area (Å²) < 4.78 is 7.15. The Morgan fingerprint density at radius 3 is 2.77 bits per heavy atom. The van der Waals surface area contributed by atoms with Gasteiger partial charge in [0.15, 0.2) is 5.69 Å². The van der Waals surface area contributed by atoms with E-state index in [-0.39, 0.29) is 23.6 Å². The third kappa shape index (κ3) is 4.27. The number of amides is 2. The molecule has 1 aliphatic heterocycles. The predicted molar refractivity (Wildman–Crippen MR) is 110 cm³/mol. The van der Waals surface area contributed by atoms with Crippen molar-refractivity contribution in [3.8, 4) is 0 Å². The monoisotopic (exact) mass is 407 g/mol. The fraction of sp³-hybridized carbons (Fsp3) is 0.364. The molecule has 0 radical (unpaired) electrons. The lowest BCUT2D eigenvalue weighted by Crippen LogP contribution is -2.38. The van der Waals surface area contributed by atoms with Gasteiger partial charge in [0.25, 0.3) is 11.8 Å². The van der Waals surface area contributed by atoms with E-state index in [1.807, 2.05) is 49.1 Å². The van der Waals surface area contributed by atoms with Crippen LogP contribution in [0, 0.1) is 13.8 Å². The van der Waals surface area contributed by atoms with E-state index in [4.69, 9.17) is 4.42 Å². The quantitative estimate of drug-likeness (QED) is 0.678. The maximum atomic E-state index is 13.0. The first kappa shape index (κ1) is 19.9. The molecule has 0 aliphatic carbocycles. The molecule has 1 saturated heterocycles. The second kappa shape index (κ2) is 8.52. The molecule has 1 atom stereocenters. The molecule has 8 nitrogen and oxygen atoms in total. The predicted octanol–water partition coefficient (Wildman–Crippen LogP) is 2.72. The van der Waals surface area contributed by atoms with E-state index in [0.717, 1.165) is 24.2 Å². The fourth-order valence-corrected chi connectivity index (χ4v) is 3.87. The highest BCUT2D eigenvalue weighted by molar-refractivity contribution is 5.95. The molecule has 0 saturated carbocycles. The zero-order valence-electron chi connectivity index (χ0n) is 17.2. The molecule has 1 unspecified atom stereocenters.